The average Bonchev–Trinajstić information content (AvgIpc) is 2.24. The van der Waals surface area contributed by atoms with Crippen molar-refractivity contribution in [2.24, 2.45) is 0 Å². The normalized spacial score (nSPS) is 12.8. The van der Waals surface area contributed by atoms with E-state index >= 15 is 0 Å². The molecule has 4 heteroatoms. The van der Waals surface area contributed by atoms with E-state index in [1.54, 1.807) is 19.2 Å². The molecule has 16 heavy (non-hydrogen) atoms. The van der Waals surface area contributed by atoms with Crippen LogP contribution in [0.4, 0.5) is 4.39 Å². The summed E-state index contributed by atoms with van der Waals surface area (Å²) < 4.78 is 18.3. The Morgan fingerprint density at radius 3 is 2.88 bits per heavy atom. The Kier molecular flexibility index (Phi) is 5.95. The molecule has 1 unspecified atom stereocenters. The molecule has 1 atom stereocenters. The molecule has 0 bridgehead atoms. The van der Waals surface area contributed by atoms with Crippen molar-refractivity contribution in [3.8, 4) is 0 Å². The summed E-state index contributed by atoms with van der Waals surface area (Å²) in [5.74, 6) is -0.280. The van der Waals surface area contributed by atoms with Crippen LogP contribution in [0.3, 0.4) is 0 Å². The van der Waals surface area contributed by atoms with Gasteiger partial charge in [0, 0.05) is 13.7 Å². The molecular weight excluding hydrogens is 275 g/mol. The molecule has 0 heterocycles. The van der Waals surface area contributed by atoms with E-state index in [0.717, 1.165) is 12.0 Å². The summed E-state index contributed by atoms with van der Waals surface area (Å²) in [5.41, 5.74) is 0.929. The third kappa shape index (κ3) is 4.60. The van der Waals surface area contributed by atoms with Gasteiger partial charge in [0.15, 0.2) is 0 Å². The van der Waals surface area contributed by atoms with Crippen LogP contribution in [0.15, 0.2) is 22.7 Å². The summed E-state index contributed by atoms with van der Waals surface area (Å²) in [6.07, 6.45) is 1.68. The van der Waals surface area contributed by atoms with Crippen LogP contribution in [0.1, 0.15) is 18.4 Å². The lowest BCUT2D eigenvalue weighted by Crippen LogP contribution is -2.11. The molecule has 90 valence electrons. The van der Waals surface area contributed by atoms with Gasteiger partial charge in [-0.25, -0.2) is 4.39 Å². The van der Waals surface area contributed by atoms with Crippen molar-refractivity contribution < 1.29 is 14.2 Å². The molecule has 0 amide bonds. The van der Waals surface area contributed by atoms with Gasteiger partial charge in [0.1, 0.15) is 5.82 Å². The van der Waals surface area contributed by atoms with Crippen molar-refractivity contribution in [1.82, 2.24) is 0 Å². The van der Waals surface area contributed by atoms with Gasteiger partial charge >= 0.3 is 0 Å². The summed E-state index contributed by atoms with van der Waals surface area (Å²) in [5, 5.41) is 9.72. The Morgan fingerprint density at radius 2 is 2.25 bits per heavy atom. The molecular formula is C12H16BrFO2. The summed E-state index contributed by atoms with van der Waals surface area (Å²) >= 11 is 3.12. The lowest BCUT2D eigenvalue weighted by Gasteiger charge is -2.10. The number of aliphatic hydroxyl groups is 1. The minimum absolute atomic E-state index is 0.280. The van der Waals surface area contributed by atoms with Gasteiger partial charge in [0.25, 0.3) is 0 Å². The molecule has 0 aromatic heterocycles. The predicted octanol–water partition coefficient (Wildman–Crippen LogP) is 2.92. The van der Waals surface area contributed by atoms with Crippen LogP contribution in [-0.2, 0) is 11.2 Å². The van der Waals surface area contributed by atoms with E-state index in [0.29, 0.717) is 23.9 Å². The van der Waals surface area contributed by atoms with E-state index in [1.807, 2.05) is 0 Å². The first-order valence-corrected chi connectivity index (χ1v) is 6.03. The molecule has 1 aromatic rings. The Bertz CT molecular complexity index is 331. The van der Waals surface area contributed by atoms with Gasteiger partial charge in [-0.15, -0.1) is 0 Å². The third-order valence-corrected chi connectivity index (χ3v) is 2.95. The van der Waals surface area contributed by atoms with Crippen LogP contribution in [0, 0.1) is 5.82 Å². The lowest BCUT2D eigenvalue weighted by atomic mass is 10.0. The van der Waals surface area contributed by atoms with Gasteiger partial charge in [-0.05, 0) is 52.9 Å². The maximum absolute atomic E-state index is 13.0. The molecule has 0 saturated carbocycles. The number of hydrogen-bond donors (Lipinski definition) is 1. The van der Waals surface area contributed by atoms with Gasteiger partial charge in [0.2, 0.25) is 0 Å². The highest BCUT2D eigenvalue weighted by atomic mass is 79.9. The van der Waals surface area contributed by atoms with Gasteiger partial charge in [-0.2, -0.15) is 0 Å². The van der Waals surface area contributed by atoms with Crippen molar-refractivity contribution in [2.45, 2.75) is 25.4 Å². The van der Waals surface area contributed by atoms with Crippen LogP contribution in [0.25, 0.3) is 0 Å². The highest BCUT2D eigenvalue weighted by molar-refractivity contribution is 9.10. The second kappa shape index (κ2) is 6.99. The summed E-state index contributed by atoms with van der Waals surface area (Å²) in [4.78, 5) is 0. The molecule has 2 nitrogen and oxygen atoms in total. The van der Waals surface area contributed by atoms with E-state index < -0.39 is 6.10 Å². The van der Waals surface area contributed by atoms with Crippen molar-refractivity contribution in [1.29, 1.82) is 0 Å². The van der Waals surface area contributed by atoms with Crippen LogP contribution >= 0.6 is 15.9 Å². The molecule has 0 spiro atoms. The zero-order chi connectivity index (χ0) is 12.0. The van der Waals surface area contributed by atoms with E-state index in [1.165, 1.54) is 6.07 Å². The van der Waals surface area contributed by atoms with Crippen LogP contribution < -0.4 is 0 Å². The Morgan fingerprint density at radius 1 is 1.50 bits per heavy atom. The predicted molar refractivity (Wildman–Crippen MR) is 64.9 cm³/mol. The lowest BCUT2D eigenvalue weighted by molar-refractivity contribution is 0.135. The van der Waals surface area contributed by atoms with Gasteiger partial charge in [-0.3, -0.25) is 0 Å². The van der Waals surface area contributed by atoms with Crippen LogP contribution in [-0.4, -0.2) is 24.9 Å². The van der Waals surface area contributed by atoms with Gasteiger partial charge in [-0.1, -0.05) is 6.07 Å². The Balaban J connectivity index is 2.43. The first-order valence-electron chi connectivity index (χ1n) is 5.24. The topological polar surface area (TPSA) is 29.5 Å². The molecule has 0 aliphatic carbocycles. The minimum Gasteiger partial charge on any atom is -0.393 e. The molecule has 0 fully saturated rings. The van der Waals surface area contributed by atoms with E-state index in [-0.39, 0.29) is 5.82 Å². The van der Waals surface area contributed by atoms with Crippen LogP contribution in [0.2, 0.25) is 0 Å². The van der Waals surface area contributed by atoms with Crippen molar-refractivity contribution in [3.63, 3.8) is 0 Å². The maximum atomic E-state index is 13.0. The zero-order valence-corrected chi connectivity index (χ0v) is 10.8. The number of ether oxygens (including phenoxy) is 1. The Labute approximate surface area is 104 Å². The monoisotopic (exact) mass is 290 g/mol. The second-order valence-electron chi connectivity index (χ2n) is 3.74. The molecule has 0 aliphatic rings. The zero-order valence-electron chi connectivity index (χ0n) is 9.25. The standard InChI is InChI=1S/C12H16BrFO2/c1-16-6-2-3-10(15)7-9-4-5-12(14)11(13)8-9/h4-5,8,10,15H,2-3,6-7H2,1H3. The second-order valence-corrected chi connectivity index (χ2v) is 4.60. The largest absolute Gasteiger partial charge is 0.393 e. The smallest absolute Gasteiger partial charge is 0.137 e. The molecule has 0 saturated heterocycles. The maximum Gasteiger partial charge on any atom is 0.137 e. The average molecular weight is 291 g/mol. The number of hydrogen-bond acceptors (Lipinski definition) is 2. The Hall–Kier alpha value is -0.450. The molecule has 1 N–H and O–H groups in total. The van der Waals surface area contributed by atoms with Gasteiger partial charge < -0.3 is 9.84 Å². The highest BCUT2D eigenvalue weighted by Gasteiger charge is 2.07. The third-order valence-electron chi connectivity index (χ3n) is 2.34. The number of rotatable bonds is 6. The quantitative estimate of drug-likeness (QED) is 0.817. The summed E-state index contributed by atoms with van der Waals surface area (Å²) in [6.45, 7) is 0.657. The molecule has 0 radical (unpaired) electrons. The summed E-state index contributed by atoms with van der Waals surface area (Å²) in [6, 6.07) is 4.80. The molecule has 0 aliphatic heterocycles. The highest BCUT2D eigenvalue weighted by Crippen LogP contribution is 2.18. The van der Waals surface area contributed by atoms with E-state index in [2.05, 4.69) is 15.9 Å². The first-order chi connectivity index (χ1) is 7.63. The van der Waals surface area contributed by atoms with Crippen LogP contribution in [0.5, 0.6) is 0 Å². The number of aliphatic hydroxyl groups excluding tert-OH is 1. The van der Waals surface area contributed by atoms with Crippen molar-refractivity contribution in [2.75, 3.05) is 13.7 Å². The van der Waals surface area contributed by atoms with E-state index in [4.69, 9.17) is 4.74 Å². The number of methoxy groups -OCH3 is 1. The SMILES string of the molecule is COCCCC(O)Cc1ccc(F)c(Br)c1. The molecule has 1 rings (SSSR count). The fourth-order valence-electron chi connectivity index (χ4n) is 1.50. The minimum atomic E-state index is -0.396. The summed E-state index contributed by atoms with van der Waals surface area (Å²) in [7, 11) is 1.64. The molecule has 1 aromatic carbocycles. The fourth-order valence-corrected chi connectivity index (χ4v) is 1.93. The van der Waals surface area contributed by atoms with Crippen molar-refractivity contribution in [3.05, 3.63) is 34.1 Å². The van der Waals surface area contributed by atoms with Gasteiger partial charge in [0.05, 0.1) is 10.6 Å². The number of halogens is 2. The van der Waals surface area contributed by atoms with Crippen molar-refractivity contribution >= 4 is 15.9 Å². The fraction of sp³-hybridized carbons (Fsp3) is 0.500. The first kappa shape index (κ1) is 13.6. The number of benzene rings is 1. The van der Waals surface area contributed by atoms with E-state index in [9.17, 15) is 9.50 Å².